The number of benzene rings is 1. The molecule has 1 aliphatic heterocycles. The third-order valence-electron chi connectivity index (χ3n) is 2.23. The second-order valence-electron chi connectivity index (χ2n) is 3.30. The summed E-state index contributed by atoms with van der Waals surface area (Å²) >= 11 is -0.648. The number of epoxide rings is 1. The van der Waals surface area contributed by atoms with Crippen LogP contribution in [0.1, 0.15) is 5.56 Å². The van der Waals surface area contributed by atoms with Crippen molar-refractivity contribution in [3.63, 3.8) is 0 Å². The maximum Gasteiger partial charge on any atom is 0.198 e. The molecule has 0 aliphatic carbocycles. The van der Waals surface area contributed by atoms with Gasteiger partial charge in [-0.05, 0) is 0 Å². The van der Waals surface area contributed by atoms with Gasteiger partial charge in [0.15, 0.2) is 23.3 Å². The Morgan fingerprint density at radius 1 is 1.06 bits per heavy atom. The predicted octanol–water partition coefficient (Wildman–Crippen LogP) is 3.16. The molecule has 0 aromatic heterocycles. The first-order chi connectivity index (χ1) is 7.56. The minimum Gasteiger partial charge on any atom is -0.373 e. The molecule has 0 bridgehead atoms. The van der Waals surface area contributed by atoms with Crippen LogP contribution in [0.15, 0.2) is 4.90 Å². The van der Waals surface area contributed by atoms with E-state index in [9.17, 15) is 21.4 Å². The highest BCUT2D eigenvalue weighted by Gasteiger charge is 2.31. The molecule has 0 saturated carbocycles. The summed E-state index contributed by atoms with van der Waals surface area (Å²) in [4.78, 5) is -0.855. The third kappa shape index (κ3) is 1.89. The Morgan fingerprint density at radius 2 is 1.62 bits per heavy atom. The van der Waals surface area contributed by atoms with E-state index in [4.69, 9.17) is 4.74 Å². The first-order valence-electron chi connectivity index (χ1n) is 4.31. The quantitative estimate of drug-likeness (QED) is 0.356. The molecule has 1 aliphatic rings. The number of ether oxygens (including phenoxy) is 1. The molecular weight excluding hydrogens is 251 g/mol. The zero-order valence-electron chi connectivity index (χ0n) is 7.70. The van der Waals surface area contributed by atoms with Gasteiger partial charge >= 0.3 is 0 Å². The fraction of sp³-hybridized carbons (Fsp3) is 0.333. The molecule has 1 saturated heterocycles. The highest BCUT2D eigenvalue weighted by atomic mass is 32.2. The summed E-state index contributed by atoms with van der Waals surface area (Å²) in [6.45, 7) is 0.316. The summed E-state index contributed by atoms with van der Waals surface area (Å²) in [7, 11) is 0. The molecule has 0 amide bonds. The minimum atomic E-state index is -2.00. The van der Waals surface area contributed by atoms with E-state index in [2.05, 4.69) is 0 Å². The van der Waals surface area contributed by atoms with Crippen molar-refractivity contribution in [3.8, 4) is 0 Å². The molecule has 0 spiro atoms. The van der Waals surface area contributed by atoms with Crippen LogP contribution in [0.2, 0.25) is 0 Å². The summed E-state index contributed by atoms with van der Waals surface area (Å²) in [6.07, 6.45) is -0.559. The molecule has 16 heavy (non-hydrogen) atoms. The lowest BCUT2D eigenvalue weighted by Gasteiger charge is -2.08. The van der Waals surface area contributed by atoms with Gasteiger partial charge in [0, 0.05) is 12.0 Å². The monoisotopic (exact) mass is 256 g/mol. The first kappa shape index (κ1) is 11.7. The Hall–Kier alpha value is -0.820. The Morgan fingerprint density at radius 3 is 2.12 bits per heavy atom. The van der Waals surface area contributed by atoms with E-state index in [1.54, 1.807) is 0 Å². The smallest absolute Gasteiger partial charge is 0.198 e. The van der Waals surface area contributed by atoms with E-state index in [1.165, 1.54) is 0 Å². The highest BCUT2D eigenvalue weighted by Crippen LogP contribution is 2.34. The van der Waals surface area contributed by atoms with E-state index in [-0.39, 0.29) is 12.5 Å². The van der Waals surface area contributed by atoms with E-state index in [0.29, 0.717) is 6.61 Å². The first-order valence-corrected chi connectivity index (χ1v) is 5.03. The zero-order chi connectivity index (χ0) is 11.9. The van der Waals surface area contributed by atoms with Crippen LogP contribution in [-0.4, -0.2) is 12.7 Å². The van der Waals surface area contributed by atoms with E-state index < -0.39 is 45.9 Å². The lowest BCUT2D eigenvalue weighted by Crippen LogP contribution is -2.07. The summed E-state index contributed by atoms with van der Waals surface area (Å²) < 4.78 is 69.1. The zero-order valence-corrected chi connectivity index (χ0v) is 8.51. The fourth-order valence-electron chi connectivity index (χ4n) is 1.33. The van der Waals surface area contributed by atoms with E-state index in [1.807, 2.05) is 0 Å². The van der Waals surface area contributed by atoms with Crippen molar-refractivity contribution >= 4 is 12.1 Å². The summed E-state index contributed by atoms with van der Waals surface area (Å²) in [5.41, 5.74) is -0.522. The van der Waals surface area contributed by atoms with Crippen LogP contribution in [0, 0.1) is 23.3 Å². The van der Waals surface area contributed by atoms with Crippen molar-refractivity contribution < 1.29 is 26.2 Å². The number of hydrogen-bond acceptors (Lipinski definition) is 2. The van der Waals surface area contributed by atoms with Gasteiger partial charge in [0.05, 0.1) is 29.8 Å². The molecule has 1 unspecified atom stereocenters. The van der Waals surface area contributed by atoms with Crippen LogP contribution in [-0.2, 0) is 11.2 Å². The maximum absolute atomic E-state index is 13.3. The molecule has 1 aromatic rings. The van der Waals surface area contributed by atoms with Crippen LogP contribution < -0.4 is 0 Å². The van der Waals surface area contributed by atoms with Crippen LogP contribution in [0.4, 0.5) is 21.4 Å². The number of halogens is 5. The van der Waals surface area contributed by atoms with Gasteiger partial charge in [-0.1, -0.05) is 0 Å². The topological polar surface area (TPSA) is 12.5 Å². The van der Waals surface area contributed by atoms with Crippen LogP contribution in [0.25, 0.3) is 0 Å². The van der Waals surface area contributed by atoms with Gasteiger partial charge in [-0.2, -0.15) is 3.89 Å². The normalized spacial score (nSPS) is 18.9. The van der Waals surface area contributed by atoms with E-state index >= 15 is 0 Å². The molecule has 0 radical (unpaired) electrons. The van der Waals surface area contributed by atoms with Crippen molar-refractivity contribution in [1.82, 2.24) is 0 Å². The van der Waals surface area contributed by atoms with Crippen LogP contribution >= 0.6 is 12.1 Å². The average molecular weight is 256 g/mol. The van der Waals surface area contributed by atoms with Crippen molar-refractivity contribution in [2.75, 3.05) is 6.61 Å². The molecule has 1 nitrogen and oxygen atoms in total. The van der Waals surface area contributed by atoms with Crippen LogP contribution in [0.3, 0.4) is 0 Å². The van der Waals surface area contributed by atoms with Gasteiger partial charge in [-0.15, -0.1) is 0 Å². The Kier molecular flexibility index (Phi) is 3.07. The minimum absolute atomic E-state index is 0.174. The molecule has 2 rings (SSSR count). The van der Waals surface area contributed by atoms with Gasteiger partial charge in [0.1, 0.15) is 0 Å². The van der Waals surface area contributed by atoms with Crippen molar-refractivity contribution in [2.45, 2.75) is 17.4 Å². The number of rotatable bonds is 3. The average Bonchev–Trinajstić information content (AvgIpc) is 3.07. The Balaban J connectivity index is 2.54. The van der Waals surface area contributed by atoms with Gasteiger partial charge in [0.25, 0.3) is 0 Å². The van der Waals surface area contributed by atoms with Gasteiger partial charge in [0.2, 0.25) is 0 Å². The standard InChI is InChI=1S/C9H5F5OS/c10-5-4(1-3-2-15-3)9(16-14)8(13)7(12)6(5)11/h3H,1-2H2. The van der Waals surface area contributed by atoms with Crippen molar-refractivity contribution in [2.24, 2.45) is 0 Å². The van der Waals surface area contributed by atoms with Crippen molar-refractivity contribution in [3.05, 3.63) is 28.8 Å². The van der Waals surface area contributed by atoms with Gasteiger partial charge in [-0.25, -0.2) is 17.6 Å². The van der Waals surface area contributed by atoms with Crippen LogP contribution in [0.5, 0.6) is 0 Å². The highest BCUT2D eigenvalue weighted by molar-refractivity contribution is 7.94. The lowest BCUT2D eigenvalue weighted by atomic mass is 10.1. The predicted molar refractivity (Wildman–Crippen MR) is 46.7 cm³/mol. The Labute approximate surface area is 91.9 Å². The molecular formula is C9H5F5OS. The summed E-state index contributed by atoms with van der Waals surface area (Å²) in [5, 5.41) is 0. The van der Waals surface area contributed by atoms with Gasteiger partial charge < -0.3 is 4.74 Å². The molecule has 7 heteroatoms. The summed E-state index contributed by atoms with van der Waals surface area (Å²) in [5.74, 6) is -7.19. The van der Waals surface area contributed by atoms with Gasteiger partial charge in [-0.3, -0.25) is 0 Å². The second kappa shape index (κ2) is 4.21. The largest absolute Gasteiger partial charge is 0.373 e. The molecule has 1 atom stereocenters. The lowest BCUT2D eigenvalue weighted by molar-refractivity contribution is 0.377. The molecule has 1 fully saturated rings. The maximum atomic E-state index is 13.3. The number of hydrogen-bond donors (Lipinski definition) is 0. The molecule has 1 aromatic carbocycles. The fourth-order valence-corrected chi connectivity index (χ4v) is 1.76. The SMILES string of the molecule is FSc1c(F)c(F)c(F)c(F)c1CC1CO1. The second-order valence-corrected chi connectivity index (χ2v) is 3.86. The molecule has 0 N–H and O–H groups in total. The molecule has 1 heterocycles. The third-order valence-corrected chi connectivity index (χ3v) is 2.81. The van der Waals surface area contributed by atoms with E-state index in [0.717, 1.165) is 0 Å². The van der Waals surface area contributed by atoms with Crippen molar-refractivity contribution in [1.29, 1.82) is 0 Å². The molecule has 88 valence electrons. The summed E-state index contributed by atoms with van der Waals surface area (Å²) in [6, 6.07) is 0. The Bertz CT molecular complexity index is 433.